The van der Waals surface area contributed by atoms with Gasteiger partial charge in [0.05, 0.1) is 7.11 Å². The Morgan fingerprint density at radius 1 is 1.03 bits per heavy atom. The molecule has 1 aromatic heterocycles. The molecule has 0 radical (unpaired) electrons. The van der Waals surface area contributed by atoms with Gasteiger partial charge in [-0.05, 0) is 67.9 Å². The van der Waals surface area contributed by atoms with E-state index in [4.69, 9.17) is 19.2 Å². The Balaban J connectivity index is 1.29. The molecule has 1 fully saturated rings. The van der Waals surface area contributed by atoms with E-state index in [0.29, 0.717) is 43.4 Å². The van der Waals surface area contributed by atoms with Gasteiger partial charge < -0.3 is 24.4 Å². The molecule has 1 saturated heterocycles. The normalized spacial score (nSPS) is 17.0. The van der Waals surface area contributed by atoms with Crippen LogP contribution >= 0.6 is 0 Å². The molecule has 0 bridgehead atoms. The number of likely N-dealkylation sites (tertiary alicyclic amines) is 1. The second-order valence-corrected chi connectivity index (χ2v) is 8.37. The number of amides is 1. The number of nitrogens with zero attached hydrogens (tertiary/aromatic N) is 2. The lowest BCUT2D eigenvalue weighted by atomic mass is 10.0. The Labute approximate surface area is 193 Å². The monoisotopic (exact) mass is 445 g/mol. The third-order valence-corrected chi connectivity index (χ3v) is 6.03. The molecule has 2 aliphatic heterocycles. The summed E-state index contributed by atoms with van der Waals surface area (Å²) in [6, 6.07) is 17.3. The highest BCUT2D eigenvalue weighted by Gasteiger charge is 2.30. The van der Waals surface area contributed by atoms with Gasteiger partial charge in [-0.15, -0.1) is 0 Å². The van der Waals surface area contributed by atoms with Crippen molar-refractivity contribution < 1.29 is 19.0 Å². The lowest BCUT2D eigenvalue weighted by molar-refractivity contribution is 0.0789. The van der Waals surface area contributed by atoms with Crippen molar-refractivity contribution in [3.8, 4) is 17.2 Å². The van der Waals surface area contributed by atoms with Crippen LogP contribution in [-0.2, 0) is 0 Å². The topological polar surface area (TPSA) is 72.9 Å². The van der Waals surface area contributed by atoms with Gasteiger partial charge in [-0.3, -0.25) is 9.78 Å². The first-order chi connectivity index (χ1) is 16.1. The van der Waals surface area contributed by atoms with Crippen LogP contribution in [0.15, 0.2) is 54.6 Å². The van der Waals surface area contributed by atoms with Crippen molar-refractivity contribution >= 4 is 17.3 Å². The van der Waals surface area contributed by atoms with E-state index in [2.05, 4.69) is 11.4 Å². The van der Waals surface area contributed by atoms with Crippen LogP contribution in [-0.4, -0.2) is 49.2 Å². The summed E-state index contributed by atoms with van der Waals surface area (Å²) in [5, 5.41) is 3.45. The summed E-state index contributed by atoms with van der Waals surface area (Å²) in [6.45, 7) is 4.38. The number of aromatic nitrogens is 1. The van der Waals surface area contributed by atoms with Crippen LogP contribution in [0.4, 0.5) is 11.4 Å². The van der Waals surface area contributed by atoms with Crippen LogP contribution in [0.3, 0.4) is 0 Å². The Morgan fingerprint density at radius 3 is 2.61 bits per heavy atom. The maximum atomic E-state index is 13.1. The van der Waals surface area contributed by atoms with Crippen LogP contribution in [0, 0.1) is 6.92 Å². The van der Waals surface area contributed by atoms with Crippen LogP contribution in [0.1, 0.15) is 34.1 Å². The Kier molecular flexibility index (Phi) is 5.77. The van der Waals surface area contributed by atoms with Crippen molar-refractivity contribution in [3.05, 3.63) is 71.5 Å². The number of ether oxygens (including phenoxy) is 3. The number of rotatable bonds is 5. The predicted octanol–water partition coefficient (Wildman–Crippen LogP) is 4.54. The second kappa shape index (κ2) is 9.02. The van der Waals surface area contributed by atoms with Gasteiger partial charge in [0.25, 0.3) is 5.91 Å². The highest BCUT2D eigenvalue weighted by Crippen LogP contribution is 2.33. The van der Waals surface area contributed by atoms with Crippen LogP contribution in [0.5, 0.6) is 17.2 Å². The molecule has 0 aliphatic carbocycles. The number of hydrogen-bond acceptors (Lipinski definition) is 6. The van der Waals surface area contributed by atoms with Crippen molar-refractivity contribution in [3.63, 3.8) is 0 Å². The summed E-state index contributed by atoms with van der Waals surface area (Å²) in [5.74, 6) is 2.36. The third kappa shape index (κ3) is 4.58. The van der Waals surface area contributed by atoms with Crippen LogP contribution in [0.25, 0.3) is 0 Å². The highest BCUT2D eigenvalue weighted by molar-refractivity contribution is 5.95. The average molecular weight is 446 g/mol. The van der Waals surface area contributed by atoms with E-state index in [1.807, 2.05) is 54.3 Å². The zero-order chi connectivity index (χ0) is 22.8. The minimum absolute atomic E-state index is 0.0127. The number of anilines is 2. The number of pyridine rings is 1. The van der Waals surface area contributed by atoms with Crippen molar-refractivity contribution in [1.29, 1.82) is 0 Å². The van der Waals surface area contributed by atoms with Gasteiger partial charge in [-0.2, -0.15) is 0 Å². The fourth-order valence-electron chi connectivity index (χ4n) is 4.36. The van der Waals surface area contributed by atoms with E-state index in [1.165, 1.54) is 0 Å². The van der Waals surface area contributed by atoms with Gasteiger partial charge in [0.1, 0.15) is 19.0 Å². The van der Waals surface area contributed by atoms with Crippen molar-refractivity contribution in [1.82, 2.24) is 9.88 Å². The molecule has 7 heteroatoms. The molecule has 1 amide bonds. The highest BCUT2D eigenvalue weighted by atomic mass is 16.6. The molecule has 7 nitrogen and oxygen atoms in total. The van der Waals surface area contributed by atoms with Crippen molar-refractivity contribution in [2.75, 3.05) is 38.7 Å². The largest absolute Gasteiger partial charge is 0.497 e. The molecule has 3 aromatic rings. The molecule has 1 N–H and O–H groups in total. The SMILES string of the molecule is COc1ccc(Nc2cc(C)nc(C3CCN(C(=O)c4ccc5c(c4)OCCO5)C3)c2)cc1. The maximum absolute atomic E-state index is 13.1. The number of benzene rings is 2. The quantitative estimate of drug-likeness (QED) is 0.622. The summed E-state index contributed by atoms with van der Waals surface area (Å²) in [5.41, 5.74) is 4.54. The summed E-state index contributed by atoms with van der Waals surface area (Å²) < 4.78 is 16.4. The van der Waals surface area contributed by atoms with E-state index in [9.17, 15) is 4.79 Å². The minimum atomic E-state index is 0.0127. The van der Waals surface area contributed by atoms with E-state index in [1.54, 1.807) is 13.2 Å². The number of fused-ring (bicyclic) bond motifs is 1. The summed E-state index contributed by atoms with van der Waals surface area (Å²) in [7, 11) is 1.66. The molecule has 1 unspecified atom stereocenters. The average Bonchev–Trinajstić information content (AvgIpc) is 3.34. The predicted molar refractivity (Wildman–Crippen MR) is 126 cm³/mol. The van der Waals surface area contributed by atoms with Gasteiger partial charge in [-0.25, -0.2) is 0 Å². The van der Waals surface area contributed by atoms with E-state index < -0.39 is 0 Å². The van der Waals surface area contributed by atoms with Gasteiger partial charge in [0.15, 0.2) is 11.5 Å². The van der Waals surface area contributed by atoms with Gasteiger partial charge >= 0.3 is 0 Å². The first-order valence-electron chi connectivity index (χ1n) is 11.2. The van der Waals surface area contributed by atoms with E-state index >= 15 is 0 Å². The van der Waals surface area contributed by atoms with Crippen molar-refractivity contribution in [2.45, 2.75) is 19.3 Å². The minimum Gasteiger partial charge on any atom is -0.497 e. The number of aryl methyl sites for hydroxylation is 1. The molecule has 2 aromatic carbocycles. The van der Waals surface area contributed by atoms with E-state index in [0.717, 1.165) is 34.9 Å². The molecule has 0 spiro atoms. The summed E-state index contributed by atoms with van der Waals surface area (Å²) in [6.07, 6.45) is 0.884. The van der Waals surface area contributed by atoms with Crippen LogP contribution in [0.2, 0.25) is 0 Å². The molecule has 1 atom stereocenters. The first kappa shape index (κ1) is 21.1. The fraction of sp³-hybridized carbons (Fsp3) is 0.308. The van der Waals surface area contributed by atoms with Crippen LogP contribution < -0.4 is 19.5 Å². The third-order valence-electron chi connectivity index (χ3n) is 6.03. The standard InChI is InChI=1S/C26H27N3O4/c1-17-13-21(28-20-4-6-22(31-2)7-5-20)15-23(27-17)19-9-10-29(16-19)26(30)18-3-8-24-25(14-18)33-12-11-32-24/h3-8,13-15,19H,9-12,16H2,1-2H3,(H,27,28). The number of nitrogens with one attached hydrogen (secondary N) is 1. The Morgan fingerprint density at radius 2 is 1.82 bits per heavy atom. The maximum Gasteiger partial charge on any atom is 0.254 e. The number of carbonyl (C=O) groups is 1. The lowest BCUT2D eigenvalue weighted by Gasteiger charge is -2.21. The van der Waals surface area contributed by atoms with Gasteiger partial charge in [0.2, 0.25) is 0 Å². The second-order valence-electron chi connectivity index (χ2n) is 8.37. The van der Waals surface area contributed by atoms with E-state index in [-0.39, 0.29) is 11.8 Å². The molecule has 3 heterocycles. The summed E-state index contributed by atoms with van der Waals surface area (Å²) >= 11 is 0. The van der Waals surface area contributed by atoms with Crippen molar-refractivity contribution in [2.24, 2.45) is 0 Å². The zero-order valence-electron chi connectivity index (χ0n) is 18.8. The molecule has 2 aliphatic rings. The summed E-state index contributed by atoms with van der Waals surface area (Å²) in [4.78, 5) is 19.8. The molecule has 33 heavy (non-hydrogen) atoms. The number of methoxy groups -OCH3 is 1. The molecular weight excluding hydrogens is 418 g/mol. The zero-order valence-corrected chi connectivity index (χ0v) is 18.8. The first-order valence-corrected chi connectivity index (χ1v) is 11.2. The van der Waals surface area contributed by atoms with Gasteiger partial charge in [-0.1, -0.05) is 0 Å². The number of hydrogen-bond donors (Lipinski definition) is 1. The molecular formula is C26H27N3O4. The Hall–Kier alpha value is -3.74. The lowest BCUT2D eigenvalue weighted by Crippen LogP contribution is -2.28. The van der Waals surface area contributed by atoms with Gasteiger partial charge in [0, 0.05) is 47.3 Å². The fourth-order valence-corrected chi connectivity index (χ4v) is 4.36. The molecule has 0 saturated carbocycles. The smallest absolute Gasteiger partial charge is 0.254 e. The molecule has 5 rings (SSSR count). The Bertz CT molecular complexity index is 1160. The number of carbonyl (C=O) groups excluding carboxylic acids is 1. The molecule has 170 valence electrons.